The molecule has 0 bridgehead atoms. The predicted molar refractivity (Wildman–Crippen MR) is 93.5 cm³/mol. The van der Waals surface area contributed by atoms with Crippen LogP contribution >= 0.6 is 0 Å². The summed E-state index contributed by atoms with van der Waals surface area (Å²) in [6, 6.07) is 9.62. The lowest BCUT2D eigenvalue weighted by atomic mass is 10.2. The first-order valence-corrected chi connectivity index (χ1v) is 7.65. The third-order valence-corrected chi connectivity index (χ3v) is 3.63. The number of anilines is 1. The number of H-pyrrole nitrogens is 1. The fourth-order valence-electron chi connectivity index (χ4n) is 2.46. The number of aromatic amines is 1. The Morgan fingerprint density at radius 2 is 2.04 bits per heavy atom. The standard InChI is InChI=1S/C16H18N6O2/c1-3-9-22-12-13(21(2)16(24)19-14(12)23)18-15(22)20-17-10-11-7-5-4-6-8-11/h4-8,10H,3,9H2,1-2H3,(H,18,20)(H,19,23,24)/b17-10+. The number of aryl methyl sites for hydroxylation is 2. The number of nitrogens with zero attached hydrogens (tertiary/aromatic N) is 4. The SMILES string of the molecule is CCCn1c(N/N=C/c2ccccc2)nc2c1c(=O)[nH]c(=O)n2C. The first-order chi connectivity index (χ1) is 11.6. The molecule has 0 saturated heterocycles. The molecule has 2 heterocycles. The zero-order valence-corrected chi connectivity index (χ0v) is 13.5. The summed E-state index contributed by atoms with van der Waals surface area (Å²) >= 11 is 0. The topological polar surface area (TPSA) is 97.1 Å². The van der Waals surface area contributed by atoms with E-state index in [9.17, 15) is 9.59 Å². The largest absolute Gasteiger partial charge is 0.329 e. The molecule has 0 spiro atoms. The lowest BCUT2D eigenvalue weighted by molar-refractivity contribution is 0.698. The summed E-state index contributed by atoms with van der Waals surface area (Å²) in [5, 5.41) is 4.17. The van der Waals surface area contributed by atoms with E-state index in [0.717, 1.165) is 12.0 Å². The lowest BCUT2D eigenvalue weighted by Gasteiger charge is -2.05. The van der Waals surface area contributed by atoms with Crippen LogP contribution in [-0.2, 0) is 13.6 Å². The van der Waals surface area contributed by atoms with Gasteiger partial charge in [-0.15, -0.1) is 0 Å². The number of imidazole rings is 1. The van der Waals surface area contributed by atoms with E-state index in [1.807, 2.05) is 37.3 Å². The third-order valence-electron chi connectivity index (χ3n) is 3.63. The van der Waals surface area contributed by atoms with E-state index in [1.165, 1.54) is 4.57 Å². The van der Waals surface area contributed by atoms with Gasteiger partial charge in [-0.25, -0.2) is 10.2 Å². The van der Waals surface area contributed by atoms with E-state index >= 15 is 0 Å². The zero-order valence-electron chi connectivity index (χ0n) is 13.5. The van der Waals surface area contributed by atoms with E-state index < -0.39 is 11.2 Å². The van der Waals surface area contributed by atoms with Crippen molar-refractivity contribution in [3.8, 4) is 0 Å². The number of hydrogen-bond acceptors (Lipinski definition) is 5. The Bertz CT molecular complexity index is 997. The maximum absolute atomic E-state index is 12.2. The molecule has 24 heavy (non-hydrogen) atoms. The fourth-order valence-corrected chi connectivity index (χ4v) is 2.46. The second-order valence-electron chi connectivity index (χ2n) is 5.36. The number of aromatic nitrogens is 4. The summed E-state index contributed by atoms with van der Waals surface area (Å²) in [5.74, 6) is 0.422. The van der Waals surface area contributed by atoms with Crippen molar-refractivity contribution in [3.63, 3.8) is 0 Å². The number of hydrogen-bond donors (Lipinski definition) is 2. The van der Waals surface area contributed by atoms with Crippen LogP contribution in [0, 0.1) is 0 Å². The average Bonchev–Trinajstić information content (AvgIpc) is 2.93. The zero-order chi connectivity index (χ0) is 17.1. The molecule has 0 aliphatic carbocycles. The summed E-state index contributed by atoms with van der Waals surface area (Å²) in [4.78, 5) is 30.6. The molecule has 0 fully saturated rings. The van der Waals surface area contributed by atoms with Crippen LogP contribution in [0.2, 0.25) is 0 Å². The Kier molecular flexibility index (Phi) is 4.28. The van der Waals surface area contributed by atoms with Gasteiger partial charge in [0.15, 0.2) is 11.2 Å². The monoisotopic (exact) mass is 326 g/mol. The maximum atomic E-state index is 12.2. The van der Waals surface area contributed by atoms with Gasteiger partial charge in [-0.05, 0) is 12.0 Å². The van der Waals surface area contributed by atoms with Crippen molar-refractivity contribution in [2.24, 2.45) is 12.1 Å². The Hall–Kier alpha value is -3.16. The van der Waals surface area contributed by atoms with Gasteiger partial charge in [-0.1, -0.05) is 37.3 Å². The molecule has 8 nitrogen and oxygen atoms in total. The Morgan fingerprint density at radius 1 is 1.29 bits per heavy atom. The summed E-state index contributed by atoms with van der Waals surface area (Å²) in [6.07, 6.45) is 2.48. The molecule has 2 N–H and O–H groups in total. The van der Waals surface area contributed by atoms with Gasteiger partial charge in [0.25, 0.3) is 5.56 Å². The number of nitrogens with one attached hydrogen (secondary N) is 2. The highest BCUT2D eigenvalue weighted by Crippen LogP contribution is 2.15. The molecule has 0 aliphatic heterocycles. The summed E-state index contributed by atoms with van der Waals surface area (Å²) in [6.45, 7) is 2.58. The van der Waals surface area contributed by atoms with Gasteiger partial charge in [0.1, 0.15) is 0 Å². The Balaban J connectivity index is 2.04. The fraction of sp³-hybridized carbons (Fsp3) is 0.250. The van der Waals surface area contributed by atoms with Crippen molar-refractivity contribution >= 4 is 23.3 Å². The molecule has 1 aromatic carbocycles. The van der Waals surface area contributed by atoms with Gasteiger partial charge in [0.2, 0.25) is 5.95 Å². The van der Waals surface area contributed by atoms with E-state index in [0.29, 0.717) is 23.7 Å². The minimum atomic E-state index is -0.493. The Labute approximate surface area is 137 Å². The molecular weight excluding hydrogens is 308 g/mol. The van der Waals surface area contributed by atoms with Crippen LogP contribution in [-0.4, -0.2) is 25.3 Å². The highest BCUT2D eigenvalue weighted by Gasteiger charge is 2.16. The number of hydrazone groups is 1. The van der Waals surface area contributed by atoms with Gasteiger partial charge >= 0.3 is 5.69 Å². The second kappa shape index (κ2) is 6.53. The molecule has 8 heteroatoms. The quantitative estimate of drug-likeness (QED) is 0.545. The molecule has 0 amide bonds. The molecule has 0 atom stereocenters. The minimum Gasteiger partial charge on any atom is -0.303 e. The van der Waals surface area contributed by atoms with Crippen molar-refractivity contribution in [3.05, 3.63) is 56.7 Å². The Morgan fingerprint density at radius 3 is 2.75 bits per heavy atom. The van der Waals surface area contributed by atoms with E-state index in [-0.39, 0.29) is 0 Å². The van der Waals surface area contributed by atoms with Crippen LogP contribution in [0.1, 0.15) is 18.9 Å². The molecule has 2 aromatic heterocycles. The molecule has 0 radical (unpaired) electrons. The van der Waals surface area contributed by atoms with E-state index in [2.05, 4.69) is 20.5 Å². The van der Waals surface area contributed by atoms with Crippen molar-refractivity contribution < 1.29 is 0 Å². The summed E-state index contributed by atoms with van der Waals surface area (Å²) < 4.78 is 3.05. The van der Waals surface area contributed by atoms with Crippen LogP contribution in [0.4, 0.5) is 5.95 Å². The van der Waals surface area contributed by atoms with Crippen LogP contribution < -0.4 is 16.7 Å². The smallest absolute Gasteiger partial charge is 0.303 e. The number of benzene rings is 1. The van der Waals surface area contributed by atoms with Gasteiger partial charge in [0, 0.05) is 13.6 Å². The van der Waals surface area contributed by atoms with Crippen LogP contribution in [0.25, 0.3) is 11.2 Å². The van der Waals surface area contributed by atoms with Crippen molar-refractivity contribution in [1.29, 1.82) is 0 Å². The first kappa shape index (κ1) is 15.7. The highest BCUT2D eigenvalue weighted by molar-refractivity contribution is 5.80. The van der Waals surface area contributed by atoms with Crippen LogP contribution in [0.5, 0.6) is 0 Å². The molecule has 0 unspecified atom stereocenters. The normalized spacial score (nSPS) is 11.4. The molecule has 3 aromatic rings. The molecular formula is C16H18N6O2. The first-order valence-electron chi connectivity index (χ1n) is 7.65. The third kappa shape index (κ3) is 2.85. The highest BCUT2D eigenvalue weighted by atomic mass is 16.2. The summed E-state index contributed by atoms with van der Waals surface area (Å²) in [7, 11) is 1.57. The second-order valence-corrected chi connectivity index (χ2v) is 5.36. The van der Waals surface area contributed by atoms with Gasteiger partial charge < -0.3 is 4.57 Å². The molecule has 0 aliphatic rings. The molecule has 0 saturated carbocycles. The minimum absolute atomic E-state index is 0.328. The molecule has 124 valence electrons. The van der Waals surface area contributed by atoms with Gasteiger partial charge in [0.05, 0.1) is 6.21 Å². The number of rotatable bonds is 5. The van der Waals surface area contributed by atoms with Crippen molar-refractivity contribution in [2.45, 2.75) is 19.9 Å². The van der Waals surface area contributed by atoms with E-state index in [1.54, 1.807) is 17.8 Å². The van der Waals surface area contributed by atoms with Crippen molar-refractivity contribution in [1.82, 2.24) is 19.1 Å². The summed E-state index contributed by atoms with van der Waals surface area (Å²) in [5.41, 5.74) is 3.54. The predicted octanol–water partition coefficient (Wildman–Crippen LogP) is 1.28. The average molecular weight is 326 g/mol. The van der Waals surface area contributed by atoms with Gasteiger partial charge in [-0.3, -0.25) is 14.3 Å². The lowest BCUT2D eigenvalue weighted by Crippen LogP contribution is -2.29. The maximum Gasteiger partial charge on any atom is 0.329 e. The van der Waals surface area contributed by atoms with Crippen LogP contribution in [0.3, 0.4) is 0 Å². The number of fused-ring (bicyclic) bond motifs is 1. The van der Waals surface area contributed by atoms with Crippen LogP contribution in [0.15, 0.2) is 45.0 Å². The van der Waals surface area contributed by atoms with Gasteiger partial charge in [-0.2, -0.15) is 10.1 Å². The van der Waals surface area contributed by atoms with Crippen molar-refractivity contribution in [2.75, 3.05) is 5.43 Å². The van der Waals surface area contributed by atoms with E-state index in [4.69, 9.17) is 0 Å². The molecule has 3 rings (SSSR count).